The summed E-state index contributed by atoms with van der Waals surface area (Å²) in [5.41, 5.74) is 0.432. The van der Waals surface area contributed by atoms with Crippen LogP contribution in [-0.2, 0) is 7.05 Å². The lowest BCUT2D eigenvalue weighted by Crippen LogP contribution is -2.34. The zero-order valence-electron chi connectivity index (χ0n) is 18.4. The number of nitrogens with zero attached hydrogens (tertiary/aromatic N) is 6. The first-order valence-electron chi connectivity index (χ1n) is 10.4. The van der Waals surface area contributed by atoms with Crippen molar-refractivity contribution in [3.05, 3.63) is 36.5 Å². The Hall–Kier alpha value is -4.14. The van der Waals surface area contributed by atoms with Crippen LogP contribution in [0.5, 0.6) is 0 Å². The van der Waals surface area contributed by atoms with Gasteiger partial charge in [-0.1, -0.05) is 0 Å². The highest BCUT2D eigenvalue weighted by molar-refractivity contribution is 6.06. The number of amides is 3. The summed E-state index contributed by atoms with van der Waals surface area (Å²) in [5.74, 6) is -0.597. The van der Waals surface area contributed by atoms with E-state index >= 15 is 0 Å². The molecule has 4 rings (SSSR count). The second-order valence-corrected chi connectivity index (χ2v) is 7.49. The van der Waals surface area contributed by atoms with Crippen molar-refractivity contribution in [3.8, 4) is 11.5 Å². The lowest BCUT2D eigenvalue weighted by Gasteiger charge is -2.17. The average Bonchev–Trinajstić information content (AvgIpc) is 3.54. The largest absolute Gasteiger partial charge is 0.444 e. The second kappa shape index (κ2) is 10.0. The van der Waals surface area contributed by atoms with Gasteiger partial charge < -0.3 is 25.1 Å². The number of oxazole rings is 1. The third kappa shape index (κ3) is 5.18. The standard InChI is InChI=1S/C20H21F3N8O4/c1-29-9-12(17(28-29)31-5-4-30(6-7-32)20(31)34)25-18(33)13-10-35-19(26-13)11-2-3-24-14(8-11)27-16(23)15(21)22/h2-3,8-10,15-16,32H,4-7H2,1H3,(H,24,27)(H,25,33). The van der Waals surface area contributed by atoms with E-state index in [0.29, 0.717) is 13.1 Å². The number of β-amino-alcohol motifs (C(OH)–C–C–N with tert-alkyl or cyclic N) is 1. The first-order valence-corrected chi connectivity index (χ1v) is 10.4. The van der Waals surface area contributed by atoms with E-state index in [2.05, 4.69) is 20.4 Å². The number of urea groups is 1. The highest BCUT2D eigenvalue weighted by atomic mass is 19.3. The summed E-state index contributed by atoms with van der Waals surface area (Å²) in [6.45, 7) is 0.747. The maximum Gasteiger partial charge on any atom is 0.325 e. The van der Waals surface area contributed by atoms with Crippen LogP contribution in [0.4, 0.5) is 35.3 Å². The third-order valence-electron chi connectivity index (χ3n) is 5.03. The summed E-state index contributed by atoms with van der Waals surface area (Å²) < 4.78 is 44.9. The van der Waals surface area contributed by atoms with Crippen molar-refractivity contribution < 1.29 is 32.3 Å². The number of aliphatic hydroxyl groups is 1. The molecule has 3 N–H and O–H groups in total. The van der Waals surface area contributed by atoms with Crippen molar-refractivity contribution in [3.63, 3.8) is 0 Å². The number of hydrogen-bond acceptors (Lipinski definition) is 8. The van der Waals surface area contributed by atoms with Crippen LogP contribution in [0, 0.1) is 0 Å². The number of nitrogens with one attached hydrogen (secondary N) is 2. The third-order valence-corrected chi connectivity index (χ3v) is 5.03. The lowest BCUT2D eigenvalue weighted by molar-refractivity contribution is 0.0648. The van der Waals surface area contributed by atoms with Crippen LogP contribution in [0.2, 0.25) is 0 Å². The van der Waals surface area contributed by atoms with Gasteiger partial charge in [0.2, 0.25) is 12.2 Å². The van der Waals surface area contributed by atoms with Crippen LogP contribution in [0.15, 0.2) is 35.2 Å². The predicted octanol–water partition coefficient (Wildman–Crippen LogP) is 1.93. The minimum atomic E-state index is -3.23. The van der Waals surface area contributed by atoms with Gasteiger partial charge in [-0.15, -0.1) is 0 Å². The van der Waals surface area contributed by atoms with E-state index in [4.69, 9.17) is 9.52 Å². The van der Waals surface area contributed by atoms with Crippen LogP contribution in [0.1, 0.15) is 10.5 Å². The smallest absolute Gasteiger partial charge is 0.325 e. The van der Waals surface area contributed by atoms with Crippen molar-refractivity contribution in [2.24, 2.45) is 7.05 Å². The van der Waals surface area contributed by atoms with Gasteiger partial charge in [0.1, 0.15) is 17.8 Å². The molecule has 0 spiro atoms. The van der Waals surface area contributed by atoms with Crippen LogP contribution < -0.4 is 15.5 Å². The van der Waals surface area contributed by atoms with Gasteiger partial charge in [-0.3, -0.25) is 14.4 Å². The Morgan fingerprint density at radius 1 is 1.31 bits per heavy atom. The fourth-order valence-electron chi connectivity index (χ4n) is 3.42. The van der Waals surface area contributed by atoms with Gasteiger partial charge in [0.15, 0.2) is 11.5 Å². The number of alkyl halides is 3. The lowest BCUT2D eigenvalue weighted by atomic mass is 10.2. The molecular formula is C20H21F3N8O4. The molecule has 12 nitrogen and oxygen atoms in total. The number of anilines is 3. The van der Waals surface area contributed by atoms with E-state index in [1.807, 2.05) is 5.32 Å². The van der Waals surface area contributed by atoms with Gasteiger partial charge >= 0.3 is 6.03 Å². The second-order valence-electron chi connectivity index (χ2n) is 7.49. The number of aromatic nitrogens is 4. The minimum absolute atomic E-state index is 0.0196. The number of hydrogen-bond donors (Lipinski definition) is 3. The van der Waals surface area contributed by atoms with E-state index in [1.165, 1.54) is 39.0 Å². The number of pyridine rings is 1. The summed E-state index contributed by atoms with van der Waals surface area (Å²) in [6.07, 6.45) is -1.98. The Bertz CT molecular complexity index is 1220. The Labute approximate surface area is 196 Å². The summed E-state index contributed by atoms with van der Waals surface area (Å²) in [4.78, 5) is 36.1. The number of halogens is 3. The van der Waals surface area contributed by atoms with Crippen LogP contribution in [-0.4, -0.2) is 80.7 Å². The fraction of sp³-hybridized carbons (Fsp3) is 0.350. The van der Waals surface area contributed by atoms with Gasteiger partial charge in [0, 0.05) is 38.4 Å². The molecule has 0 bridgehead atoms. The van der Waals surface area contributed by atoms with E-state index in [-0.39, 0.29) is 53.7 Å². The molecule has 15 heteroatoms. The molecule has 0 aromatic carbocycles. The molecule has 0 saturated carbocycles. The Balaban J connectivity index is 1.49. The quantitative estimate of drug-likeness (QED) is 0.383. The summed E-state index contributed by atoms with van der Waals surface area (Å²) >= 11 is 0. The maximum absolute atomic E-state index is 13.3. The molecule has 1 aliphatic heterocycles. The first kappa shape index (κ1) is 24.0. The summed E-state index contributed by atoms with van der Waals surface area (Å²) in [6, 6.07) is 2.35. The number of aliphatic hydroxyl groups excluding tert-OH is 1. The molecule has 4 heterocycles. The first-order chi connectivity index (χ1) is 16.8. The molecule has 3 aromatic heterocycles. The molecular weight excluding hydrogens is 473 g/mol. The Morgan fingerprint density at radius 2 is 2.11 bits per heavy atom. The van der Waals surface area contributed by atoms with Gasteiger partial charge in [0.25, 0.3) is 12.3 Å². The topological polar surface area (TPSA) is 142 Å². The zero-order chi connectivity index (χ0) is 25.1. The average molecular weight is 494 g/mol. The maximum atomic E-state index is 13.3. The number of carbonyl (C=O) groups excluding carboxylic acids is 2. The molecule has 1 aliphatic rings. The molecule has 0 aliphatic carbocycles. The molecule has 1 atom stereocenters. The van der Waals surface area contributed by atoms with Crippen molar-refractivity contribution in [1.82, 2.24) is 24.6 Å². The van der Waals surface area contributed by atoms with Crippen molar-refractivity contribution in [2.75, 3.05) is 41.8 Å². The molecule has 35 heavy (non-hydrogen) atoms. The summed E-state index contributed by atoms with van der Waals surface area (Å²) in [7, 11) is 1.63. The van der Waals surface area contributed by atoms with Crippen molar-refractivity contribution in [2.45, 2.75) is 12.7 Å². The fourth-order valence-corrected chi connectivity index (χ4v) is 3.42. The van der Waals surface area contributed by atoms with Gasteiger partial charge in [-0.2, -0.15) is 5.10 Å². The van der Waals surface area contributed by atoms with E-state index in [1.54, 1.807) is 7.05 Å². The minimum Gasteiger partial charge on any atom is -0.444 e. The molecule has 1 unspecified atom stereocenters. The van der Waals surface area contributed by atoms with Crippen molar-refractivity contribution >= 4 is 29.3 Å². The van der Waals surface area contributed by atoms with Gasteiger partial charge in [-0.05, 0) is 12.1 Å². The van der Waals surface area contributed by atoms with Crippen LogP contribution in [0.25, 0.3) is 11.5 Å². The molecule has 3 aromatic rings. The highest BCUT2D eigenvalue weighted by Gasteiger charge is 2.33. The van der Waals surface area contributed by atoms with Crippen LogP contribution in [0.3, 0.4) is 0 Å². The molecule has 1 fully saturated rings. The molecule has 1 saturated heterocycles. The summed E-state index contributed by atoms with van der Waals surface area (Å²) in [5, 5.41) is 17.9. The number of aryl methyl sites for hydroxylation is 1. The van der Waals surface area contributed by atoms with E-state index in [9.17, 15) is 22.8 Å². The van der Waals surface area contributed by atoms with Crippen molar-refractivity contribution in [1.29, 1.82) is 0 Å². The van der Waals surface area contributed by atoms with E-state index in [0.717, 1.165) is 6.26 Å². The SMILES string of the molecule is Cn1cc(NC(=O)c2coc(-c3ccnc(NC(F)C(F)F)c3)n2)c(N2CCN(CCO)C2=O)n1. The monoisotopic (exact) mass is 494 g/mol. The number of rotatable bonds is 9. The predicted molar refractivity (Wildman–Crippen MR) is 117 cm³/mol. The highest BCUT2D eigenvalue weighted by Crippen LogP contribution is 2.28. The van der Waals surface area contributed by atoms with Gasteiger partial charge in [0.05, 0.1) is 12.8 Å². The molecule has 3 amide bonds. The van der Waals surface area contributed by atoms with Crippen LogP contribution >= 0.6 is 0 Å². The molecule has 0 radical (unpaired) electrons. The Morgan fingerprint density at radius 3 is 2.86 bits per heavy atom. The molecule has 186 valence electrons. The van der Waals surface area contributed by atoms with E-state index < -0.39 is 18.6 Å². The zero-order valence-corrected chi connectivity index (χ0v) is 18.4. The Kier molecular flexibility index (Phi) is 6.86. The number of carbonyl (C=O) groups is 2. The normalized spacial score (nSPS) is 14.6. The van der Waals surface area contributed by atoms with Gasteiger partial charge in [-0.25, -0.2) is 27.9 Å².